The number of amides is 1. The standard InChI is InChI=1S/C14H15N3O3/c1-9-4-3-5-10(6-9)13(18)16-12(14(19)20)11-7-15-17(2)8-11/h3-8,12H,1-2H3,(H,16,18)(H,19,20). The third-order valence-electron chi connectivity index (χ3n) is 2.86. The number of nitrogens with zero attached hydrogens (tertiary/aromatic N) is 2. The van der Waals surface area contributed by atoms with Crippen LogP contribution in [0.5, 0.6) is 0 Å². The Bertz CT molecular complexity index is 649. The van der Waals surface area contributed by atoms with E-state index >= 15 is 0 Å². The van der Waals surface area contributed by atoms with E-state index < -0.39 is 17.9 Å². The first-order valence-corrected chi connectivity index (χ1v) is 6.06. The number of carboxylic acids is 1. The molecule has 2 N–H and O–H groups in total. The van der Waals surface area contributed by atoms with Gasteiger partial charge in [-0.1, -0.05) is 17.7 Å². The number of nitrogens with one attached hydrogen (secondary N) is 1. The molecular weight excluding hydrogens is 258 g/mol. The predicted octanol–water partition coefficient (Wildman–Crippen LogP) is 1.28. The Kier molecular flexibility index (Phi) is 3.84. The fraction of sp³-hybridized carbons (Fsp3) is 0.214. The van der Waals surface area contributed by atoms with E-state index in [0.29, 0.717) is 11.1 Å². The van der Waals surface area contributed by atoms with Gasteiger partial charge in [-0.05, 0) is 19.1 Å². The first kappa shape index (κ1) is 13.8. The second-order valence-corrected chi connectivity index (χ2v) is 4.56. The first-order chi connectivity index (χ1) is 9.47. The maximum Gasteiger partial charge on any atom is 0.331 e. The first-order valence-electron chi connectivity index (χ1n) is 6.06. The van der Waals surface area contributed by atoms with Crippen LogP contribution in [0.15, 0.2) is 36.7 Å². The fourth-order valence-corrected chi connectivity index (χ4v) is 1.88. The third-order valence-corrected chi connectivity index (χ3v) is 2.86. The van der Waals surface area contributed by atoms with Gasteiger partial charge in [0, 0.05) is 24.4 Å². The molecular formula is C14H15N3O3. The molecule has 0 spiro atoms. The van der Waals surface area contributed by atoms with Crippen LogP contribution in [-0.2, 0) is 11.8 Å². The lowest BCUT2D eigenvalue weighted by atomic mass is 10.1. The molecule has 2 aromatic rings. The molecule has 1 aromatic heterocycles. The van der Waals surface area contributed by atoms with Gasteiger partial charge in [0.25, 0.3) is 5.91 Å². The summed E-state index contributed by atoms with van der Waals surface area (Å²) in [5.74, 6) is -1.55. The number of aromatic nitrogens is 2. The highest BCUT2D eigenvalue weighted by Gasteiger charge is 2.23. The Hall–Kier alpha value is -2.63. The van der Waals surface area contributed by atoms with Crippen LogP contribution in [-0.4, -0.2) is 26.8 Å². The lowest BCUT2D eigenvalue weighted by molar-refractivity contribution is -0.139. The number of rotatable bonds is 4. The number of aliphatic carboxylic acids is 1. The molecule has 1 aromatic carbocycles. The summed E-state index contributed by atoms with van der Waals surface area (Å²) in [4.78, 5) is 23.4. The molecule has 0 bridgehead atoms. The maximum atomic E-state index is 12.1. The molecule has 1 atom stereocenters. The Labute approximate surface area is 116 Å². The van der Waals surface area contributed by atoms with Crippen LogP contribution in [0, 0.1) is 6.92 Å². The average Bonchev–Trinajstić information content (AvgIpc) is 2.81. The molecule has 104 valence electrons. The van der Waals surface area contributed by atoms with Crippen molar-refractivity contribution in [2.24, 2.45) is 7.05 Å². The van der Waals surface area contributed by atoms with E-state index in [1.54, 1.807) is 31.4 Å². The number of carboxylic acid groups (broad SMARTS) is 1. The number of carbonyl (C=O) groups is 2. The molecule has 0 fully saturated rings. The molecule has 1 unspecified atom stereocenters. The molecule has 0 saturated carbocycles. The summed E-state index contributed by atoms with van der Waals surface area (Å²) in [6.07, 6.45) is 2.99. The summed E-state index contributed by atoms with van der Waals surface area (Å²) >= 11 is 0. The molecule has 6 nitrogen and oxygen atoms in total. The summed E-state index contributed by atoms with van der Waals surface area (Å²) in [7, 11) is 1.69. The smallest absolute Gasteiger partial charge is 0.331 e. The van der Waals surface area contributed by atoms with Crippen molar-refractivity contribution in [1.29, 1.82) is 0 Å². The summed E-state index contributed by atoms with van der Waals surface area (Å²) in [6.45, 7) is 1.87. The third kappa shape index (κ3) is 3.03. The van der Waals surface area contributed by atoms with Crippen LogP contribution in [0.3, 0.4) is 0 Å². The zero-order chi connectivity index (χ0) is 14.7. The van der Waals surface area contributed by atoms with Crippen LogP contribution in [0.25, 0.3) is 0 Å². The lowest BCUT2D eigenvalue weighted by Gasteiger charge is -2.13. The summed E-state index contributed by atoms with van der Waals surface area (Å²) in [6, 6.07) is 5.86. The second-order valence-electron chi connectivity index (χ2n) is 4.56. The molecule has 2 rings (SSSR count). The van der Waals surface area contributed by atoms with Gasteiger partial charge in [0.05, 0.1) is 6.20 Å². The van der Waals surface area contributed by atoms with Crippen LogP contribution < -0.4 is 5.32 Å². The number of hydrogen-bond acceptors (Lipinski definition) is 3. The van der Waals surface area contributed by atoms with Gasteiger partial charge in [0.1, 0.15) is 0 Å². The normalized spacial score (nSPS) is 11.9. The molecule has 0 aliphatic heterocycles. The van der Waals surface area contributed by atoms with Crippen LogP contribution in [0.1, 0.15) is 27.5 Å². The van der Waals surface area contributed by atoms with Crippen molar-refractivity contribution in [3.8, 4) is 0 Å². The molecule has 0 aliphatic rings. The van der Waals surface area contributed by atoms with E-state index in [4.69, 9.17) is 0 Å². The van der Waals surface area contributed by atoms with E-state index in [0.717, 1.165) is 5.56 Å². The zero-order valence-electron chi connectivity index (χ0n) is 11.2. The maximum absolute atomic E-state index is 12.1. The molecule has 0 radical (unpaired) electrons. The van der Waals surface area contributed by atoms with Gasteiger partial charge in [-0.15, -0.1) is 0 Å². The molecule has 6 heteroatoms. The highest BCUT2D eigenvalue weighted by Crippen LogP contribution is 2.13. The predicted molar refractivity (Wildman–Crippen MR) is 72.2 cm³/mol. The minimum atomic E-state index is -1.13. The average molecular weight is 273 g/mol. The number of benzene rings is 1. The minimum Gasteiger partial charge on any atom is -0.479 e. The SMILES string of the molecule is Cc1cccc(C(=O)NC(C(=O)O)c2cnn(C)c2)c1. The summed E-state index contributed by atoms with van der Waals surface area (Å²) in [5, 5.41) is 15.6. The van der Waals surface area contributed by atoms with Gasteiger partial charge in [0.2, 0.25) is 0 Å². The number of aryl methyl sites for hydroxylation is 2. The van der Waals surface area contributed by atoms with Crippen molar-refractivity contribution >= 4 is 11.9 Å². The molecule has 20 heavy (non-hydrogen) atoms. The van der Waals surface area contributed by atoms with Crippen LogP contribution >= 0.6 is 0 Å². The van der Waals surface area contributed by atoms with Gasteiger partial charge < -0.3 is 10.4 Å². The van der Waals surface area contributed by atoms with Crippen LogP contribution in [0.2, 0.25) is 0 Å². The van der Waals surface area contributed by atoms with Crippen molar-refractivity contribution in [3.05, 3.63) is 53.3 Å². The highest BCUT2D eigenvalue weighted by atomic mass is 16.4. The van der Waals surface area contributed by atoms with Gasteiger partial charge in [-0.2, -0.15) is 5.10 Å². The van der Waals surface area contributed by atoms with E-state index in [1.165, 1.54) is 10.9 Å². The van der Waals surface area contributed by atoms with Crippen molar-refractivity contribution in [1.82, 2.24) is 15.1 Å². The van der Waals surface area contributed by atoms with Crippen LogP contribution in [0.4, 0.5) is 0 Å². The highest BCUT2D eigenvalue weighted by molar-refractivity contribution is 5.96. The summed E-state index contributed by atoms with van der Waals surface area (Å²) in [5.41, 5.74) is 1.80. The molecule has 0 aliphatic carbocycles. The monoisotopic (exact) mass is 273 g/mol. The van der Waals surface area contributed by atoms with E-state index in [1.807, 2.05) is 13.0 Å². The van der Waals surface area contributed by atoms with Gasteiger partial charge in [-0.3, -0.25) is 9.48 Å². The number of hydrogen-bond donors (Lipinski definition) is 2. The van der Waals surface area contributed by atoms with Gasteiger partial charge in [-0.25, -0.2) is 4.79 Å². The molecule has 1 amide bonds. The topological polar surface area (TPSA) is 84.2 Å². The fourth-order valence-electron chi connectivity index (χ4n) is 1.88. The molecule has 1 heterocycles. The quantitative estimate of drug-likeness (QED) is 0.879. The number of carbonyl (C=O) groups excluding carboxylic acids is 1. The van der Waals surface area contributed by atoms with Crippen molar-refractivity contribution < 1.29 is 14.7 Å². The lowest BCUT2D eigenvalue weighted by Crippen LogP contribution is -2.33. The van der Waals surface area contributed by atoms with Gasteiger partial charge in [0.15, 0.2) is 6.04 Å². The van der Waals surface area contributed by atoms with E-state index in [9.17, 15) is 14.7 Å². The second kappa shape index (κ2) is 5.56. The summed E-state index contributed by atoms with van der Waals surface area (Å²) < 4.78 is 1.49. The van der Waals surface area contributed by atoms with Crippen molar-refractivity contribution in [2.45, 2.75) is 13.0 Å². The van der Waals surface area contributed by atoms with E-state index in [2.05, 4.69) is 10.4 Å². The van der Waals surface area contributed by atoms with Crippen molar-refractivity contribution in [3.63, 3.8) is 0 Å². The van der Waals surface area contributed by atoms with Gasteiger partial charge >= 0.3 is 5.97 Å². The Balaban J connectivity index is 2.21. The zero-order valence-corrected chi connectivity index (χ0v) is 11.2. The Morgan fingerprint density at radius 2 is 2.15 bits per heavy atom. The Morgan fingerprint density at radius 1 is 1.40 bits per heavy atom. The minimum absolute atomic E-state index is 0.426. The van der Waals surface area contributed by atoms with E-state index in [-0.39, 0.29) is 0 Å². The van der Waals surface area contributed by atoms with Crippen molar-refractivity contribution in [2.75, 3.05) is 0 Å². The largest absolute Gasteiger partial charge is 0.479 e. The Morgan fingerprint density at radius 3 is 2.70 bits per heavy atom. The molecule has 0 saturated heterocycles.